The van der Waals surface area contributed by atoms with E-state index in [0.717, 1.165) is 5.56 Å². The van der Waals surface area contributed by atoms with E-state index in [4.69, 9.17) is 10.4 Å². The van der Waals surface area contributed by atoms with Crippen molar-refractivity contribution < 1.29 is 5.11 Å². The number of hydrogen-bond donors (Lipinski definition) is 1. The molecule has 0 aliphatic rings. The molecule has 23 heavy (non-hydrogen) atoms. The van der Waals surface area contributed by atoms with Gasteiger partial charge in [-0.15, -0.1) is 0 Å². The van der Waals surface area contributed by atoms with Crippen LogP contribution in [0, 0.1) is 22.7 Å². The molecule has 1 aromatic carbocycles. The number of nitrogens with zero attached hydrogens (tertiary/aromatic N) is 5. The molecular formula is C17H15N5O. The lowest BCUT2D eigenvalue weighted by molar-refractivity contribution is 0.304. The first-order valence-corrected chi connectivity index (χ1v) is 6.94. The van der Waals surface area contributed by atoms with Crippen LogP contribution >= 0.6 is 0 Å². The van der Waals surface area contributed by atoms with Gasteiger partial charge in [-0.1, -0.05) is 12.1 Å². The van der Waals surface area contributed by atoms with Crippen molar-refractivity contribution in [3.63, 3.8) is 0 Å². The zero-order chi connectivity index (χ0) is 16.7. The fraction of sp³-hybridized carbons (Fsp3) is 0.176. The van der Waals surface area contributed by atoms with Crippen molar-refractivity contribution in [3.05, 3.63) is 53.5 Å². The molecule has 0 radical (unpaired) electrons. The number of aliphatic hydroxyl groups is 1. The maximum atomic E-state index is 9.31. The third-order valence-electron chi connectivity index (χ3n) is 3.22. The van der Waals surface area contributed by atoms with Crippen LogP contribution in [0.2, 0.25) is 0 Å². The summed E-state index contributed by atoms with van der Waals surface area (Å²) < 4.78 is 0. The van der Waals surface area contributed by atoms with Gasteiger partial charge in [-0.05, 0) is 23.8 Å². The Balaban J connectivity index is 2.24. The number of hydrogen-bond acceptors (Lipinski definition) is 6. The Hall–Kier alpha value is -3.22. The largest absolute Gasteiger partial charge is 0.395 e. The molecule has 0 aliphatic heterocycles. The van der Waals surface area contributed by atoms with E-state index in [-0.39, 0.29) is 6.61 Å². The van der Waals surface area contributed by atoms with Crippen molar-refractivity contribution in [3.8, 4) is 12.1 Å². The van der Waals surface area contributed by atoms with Gasteiger partial charge in [0.15, 0.2) is 0 Å². The van der Waals surface area contributed by atoms with Crippen LogP contribution in [0.4, 0.5) is 5.82 Å². The fourth-order valence-corrected chi connectivity index (χ4v) is 1.92. The zero-order valence-electron chi connectivity index (χ0n) is 12.6. The highest BCUT2D eigenvalue weighted by Gasteiger charge is 2.05. The molecule has 6 heteroatoms. The molecule has 0 bridgehead atoms. The van der Waals surface area contributed by atoms with Crippen molar-refractivity contribution >= 4 is 17.5 Å². The van der Waals surface area contributed by atoms with Gasteiger partial charge in [-0.2, -0.15) is 10.5 Å². The topological polar surface area (TPSA) is 96.8 Å². The van der Waals surface area contributed by atoms with Crippen LogP contribution in [-0.2, 0) is 0 Å². The normalized spacial score (nSPS) is 10.7. The predicted octanol–water partition coefficient (Wildman–Crippen LogP) is 1.84. The van der Waals surface area contributed by atoms with Gasteiger partial charge in [0, 0.05) is 13.6 Å². The minimum absolute atomic E-state index is 0.0388. The molecule has 6 nitrogen and oxygen atoms in total. The Morgan fingerprint density at radius 2 is 1.96 bits per heavy atom. The highest BCUT2D eigenvalue weighted by molar-refractivity contribution is 5.88. The van der Waals surface area contributed by atoms with E-state index < -0.39 is 0 Å². The number of allylic oxidation sites excluding steroid dienone is 1. The van der Waals surface area contributed by atoms with E-state index in [1.807, 2.05) is 13.1 Å². The Bertz CT molecular complexity index is 767. The van der Waals surface area contributed by atoms with Crippen molar-refractivity contribution in [1.82, 2.24) is 9.97 Å². The molecule has 0 atom stereocenters. The summed E-state index contributed by atoms with van der Waals surface area (Å²) in [5, 5.41) is 27.0. The monoisotopic (exact) mass is 305 g/mol. The Morgan fingerprint density at radius 3 is 2.48 bits per heavy atom. The number of rotatable bonds is 5. The van der Waals surface area contributed by atoms with Crippen LogP contribution in [0.5, 0.6) is 0 Å². The number of aromatic nitrogens is 2. The second-order valence-corrected chi connectivity index (χ2v) is 4.80. The molecule has 1 aromatic heterocycles. The average molecular weight is 305 g/mol. The zero-order valence-corrected chi connectivity index (χ0v) is 12.6. The third kappa shape index (κ3) is 4.13. The Kier molecular flexibility index (Phi) is 5.40. The number of anilines is 1. The lowest BCUT2D eigenvalue weighted by Crippen LogP contribution is -2.22. The summed E-state index contributed by atoms with van der Waals surface area (Å²) in [7, 11) is 1.81. The van der Waals surface area contributed by atoms with Gasteiger partial charge in [-0.3, -0.25) is 4.98 Å². The lowest BCUT2D eigenvalue weighted by atomic mass is 10.0. The molecule has 2 rings (SSSR count). The van der Waals surface area contributed by atoms with E-state index in [2.05, 4.69) is 16.0 Å². The maximum absolute atomic E-state index is 9.31. The SMILES string of the molecule is CN(CCO)c1cnc(/C=C(\C#N)c2ccc(C#N)cc2)cn1. The lowest BCUT2D eigenvalue weighted by Gasteiger charge is -2.15. The van der Waals surface area contributed by atoms with Crippen molar-refractivity contribution in [2.24, 2.45) is 0 Å². The first-order valence-electron chi connectivity index (χ1n) is 6.94. The maximum Gasteiger partial charge on any atom is 0.146 e. The standard InChI is InChI=1S/C17H15N5O/c1-22(6-7-23)17-12-20-16(11-21-17)8-15(10-19)14-4-2-13(9-18)3-5-14/h2-5,8,11-12,23H,6-7H2,1H3/b15-8+. The van der Waals surface area contributed by atoms with E-state index >= 15 is 0 Å². The van der Waals surface area contributed by atoms with Gasteiger partial charge in [-0.25, -0.2) is 4.98 Å². The second kappa shape index (κ2) is 7.69. The quantitative estimate of drug-likeness (QED) is 0.847. The van der Waals surface area contributed by atoms with Crippen LogP contribution in [0.3, 0.4) is 0 Å². The van der Waals surface area contributed by atoms with Crippen LogP contribution in [0.1, 0.15) is 16.8 Å². The van der Waals surface area contributed by atoms with E-state index in [9.17, 15) is 5.26 Å². The Morgan fingerprint density at radius 1 is 1.22 bits per heavy atom. The fourth-order valence-electron chi connectivity index (χ4n) is 1.92. The molecule has 0 fully saturated rings. The highest BCUT2D eigenvalue weighted by Crippen LogP contribution is 2.17. The van der Waals surface area contributed by atoms with Crippen LogP contribution in [0.25, 0.3) is 11.6 Å². The minimum Gasteiger partial charge on any atom is -0.395 e. The molecular weight excluding hydrogens is 290 g/mol. The van der Waals surface area contributed by atoms with Gasteiger partial charge in [0.25, 0.3) is 0 Å². The molecule has 0 saturated carbocycles. The predicted molar refractivity (Wildman–Crippen MR) is 87.0 cm³/mol. The summed E-state index contributed by atoms with van der Waals surface area (Å²) in [6.45, 7) is 0.510. The molecule has 114 valence electrons. The summed E-state index contributed by atoms with van der Waals surface area (Å²) in [4.78, 5) is 10.3. The van der Waals surface area contributed by atoms with Crippen LogP contribution in [-0.4, -0.2) is 35.3 Å². The molecule has 1 heterocycles. The van der Waals surface area contributed by atoms with Gasteiger partial charge in [0.1, 0.15) is 5.82 Å². The summed E-state index contributed by atoms with van der Waals surface area (Å²) in [6.07, 6.45) is 4.81. The smallest absolute Gasteiger partial charge is 0.146 e. The highest BCUT2D eigenvalue weighted by atomic mass is 16.3. The molecule has 0 aliphatic carbocycles. The molecule has 0 spiro atoms. The molecule has 2 aromatic rings. The van der Waals surface area contributed by atoms with Gasteiger partial charge in [0.05, 0.1) is 48.0 Å². The molecule has 1 N–H and O–H groups in total. The molecule has 0 unspecified atom stereocenters. The van der Waals surface area contributed by atoms with Crippen LogP contribution in [0.15, 0.2) is 36.7 Å². The second-order valence-electron chi connectivity index (χ2n) is 4.80. The Labute approximate surface area is 134 Å². The van der Waals surface area contributed by atoms with Crippen molar-refractivity contribution in [2.75, 3.05) is 25.1 Å². The first kappa shape index (κ1) is 16.2. The van der Waals surface area contributed by atoms with E-state index in [1.165, 1.54) is 0 Å². The number of benzene rings is 1. The summed E-state index contributed by atoms with van der Waals surface area (Å²) in [5.41, 5.74) is 2.27. The minimum atomic E-state index is 0.0388. The van der Waals surface area contributed by atoms with Gasteiger partial charge < -0.3 is 10.0 Å². The van der Waals surface area contributed by atoms with E-state index in [0.29, 0.717) is 29.2 Å². The van der Waals surface area contributed by atoms with Crippen LogP contribution < -0.4 is 4.90 Å². The van der Waals surface area contributed by atoms with Crippen molar-refractivity contribution in [2.45, 2.75) is 0 Å². The average Bonchev–Trinajstić information content (AvgIpc) is 2.60. The van der Waals surface area contributed by atoms with Gasteiger partial charge in [0.2, 0.25) is 0 Å². The summed E-state index contributed by atoms with van der Waals surface area (Å²) in [6, 6.07) is 11.0. The molecule has 0 amide bonds. The number of nitriles is 2. The van der Waals surface area contributed by atoms with E-state index in [1.54, 1.807) is 47.6 Å². The molecule has 0 saturated heterocycles. The van der Waals surface area contributed by atoms with Gasteiger partial charge >= 0.3 is 0 Å². The summed E-state index contributed by atoms with van der Waals surface area (Å²) >= 11 is 0. The van der Waals surface area contributed by atoms with Crippen molar-refractivity contribution in [1.29, 1.82) is 10.5 Å². The summed E-state index contributed by atoms with van der Waals surface area (Å²) in [5.74, 6) is 0.646. The third-order valence-corrected chi connectivity index (χ3v) is 3.22. The number of aliphatic hydroxyl groups excluding tert-OH is 1. The first-order chi connectivity index (χ1) is 11.2. The number of likely N-dealkylation sites (N-methyl/N-ethyl adjacent to an activating group) is 1.